The molecule has 0 radical (unpaired) electrons. The van der Waals surface area contributed by atoms with Crippen LogP contribution in [0.25, 0.3) is 0 Å². The van der Waals surface area contributed by atoms with E-state index in [1.807, 2.05) is 0 Å². The number of methoxy groups -OCH3 is 2. The van der Waals surface area contributed by atoms with E-state index in [2.05, 4.69) is 22.6 Å². The molecule has 2 aromatic rings. The minimum atomic E-state index is -0.245. The summed E-state index contributed by atoms with van der Waals surface area (Å²) in [5.74, 6) is 0.379. The summed E-state index contributed by atoms with van der Waals surface area (Å²) in [4.78, 5) is 25.5. The van der Waals surface area contributed by atoms with E-state index in [9.17, 15) is 9.59 Å². The maximum absolute atomic E-state index is 12.8. The number of carbonyl (C=O) groups excluding carboxylic acids is 2. The molecule has 0 amide bonds. The van der Waals surface area contributed by atoms with Gasteiger partial charge in [0.2, 0.25) is 5.78 Å². The fourth-order valence-electron chi connectivity index (χ4n) is 2.55. The number of halogens is 1. The normalized spacial score (nSPS) is 12.7. The molecule has 0 fully saturated rings. The predicted octanol–water partition coefficient (Wildman–Crippen LogP) is 3.08. The van der Waals surface area contributed by atoms with E-state index >= 15 is 0 Å². The first kappa shape index (κ1) is 14.1. The van der Waals surface area contributed by atoms with Crippen LogP contribution >= 0.6 is 22.6 Å². The highest BCUT2D eigenvalue weighted by Crippen LogP contribution is 2.37. The Morgan fingerprint density at radius 1 is 0.857 bits per heavy atom. The third-order valence-corrected chi connectivity index (χ3v) is 4.10. The second-order valence-electron chi connectivity index (χ2n) is 4.57. The zero-order chi connectivity index (χ0) is 15.1. The standard InChI is InChI=1S/C16H11IO4/c1-20-11-5-3-4-9-13(11)16(19)14-10(15(9)18)6-8(17)7-12(14)21-2/h3-7H,1-2H3. The largest absolute Gasteiger partial charge is 0.496 e. The lowest BCUT2D eigenvalue weighted by Crippen LogP contribution is -2.22. The van der Waals surface area contributed by atoms with Crippen LogP contribution in [0.15, 0.2) is 30.3 Å². The molecular weight excluding hydrogens is 383 g/mol. The third-order valence-electron chi connectivity index (χ3n) is 3.48. The van der Waals surface area contributed by atoms with Gasteiger partial charge in [-0.15, -0.1) is 0 Å². The van der Waals surface area contributed by atoms with E-state index in [0.29, 0.717) is 33.8 Å². The Balaban J connectivity index is 2.36. The van der Waals surface area contributed by atoms with Crippen molar-refractivity contribution < 1.29 is 19.1 Å². The maximum atomic E-state index is 12.8. The molecule has 5 heteroatoms. The van der Waals surface area contributed by atoms with Crippen LogP contribution < -0.4 is 9.47 Å². The first-order valence-electron chi connectivity index (χ1n) is 6.22. The molecule has 0 aliphatic heterocycles. The van der Waals surface area contributed by atoms with Crippen molar-refractivity contribution in [2.75, 3.05) is 14.2 Å². The fraction of sp³-hybridized carbons (Fsp3) is 0.125. The highest BCUT2D eigenvalue weighted by molar-refractivity contribution is 14.1. The van der Waals surface area contributed by atoms with Crippen molar-refractivity contribution in [3.63, 3.8) is 0 Å². The number of hydrogen-bond donors (Lipinski definition) is 0. The molecule has 106 valence electrons. The first-order chi connectivity index (χ1) is 10.1. The lowest BCUT2D eigenvalue weighted by molar-refractivity contribution is 0.0974. The summed E-state index contributed by atoms with van der Waals surface area (Å²) in [5, 5.41) is 0. The monoisotopic (exact) mass is 394 g/mol. The average molecular weight is 394 g/mol. The van der Waals surface area contributed by atoms with Crippen molar-refractivity contribution in [2.45, 2.75) is 0 Å². The minimum Gasteiger partial charge on any atom is -0.496 e. The van der Waals surface area contributed by atoms with Gasteiger partial charge in [0.15, 0.2) is 5.78 Å². The molecule has 0 heterocycles. The molecule has 0 aromatic heterocycles. The number of ketones is 2. The molecule has 0 spiro atoms. The van der Waals surface area contributed by atoms with Crippen LogP contribution in [-0.4, -0.2) is 25.8 Å². The number of fused-ring (bicyclic) bond motifs is 2. The van der Waals surface area contributed by atoms with Gasteiger partial charge in [0.05, 0.1) is 25.3 Å². The Labute approximate surface area is 135 Å². The molecule has 21 heavy (non-hydrogen) atoms. The van der Waals surface area contributed by atoms with Crippen molar-refractivity contribution in [3.8, 4) is 11.5 Å². The number of rotatable bonds is 2. The van der Waals surface area contributed by atoms with Crippen LogP contribution in [0.3, 0.4) is 0 Å². The van der Waals surface area contributed by atoms with Gasteiger partial charge in [-0.05, 0) is 40.8 Å². The molecular formula is C16H11IO4. The Morgan fingerprint density at radius 2 is 1.52 bits per heavy atom. The lowest BCUT2D eigenvalue weighted by Gasteiger charge is -2.21. The number of hydrogen-bond acceptors (Lipinski definition) is 4. The molecule has 0 bridgehead atoms. The molecule has 0 unspecified atom stereocenters. The topological polar surface area (TPSA) is 52.6 Å². The molecule has 0 atom stereocenters. The molecule has 4 nitrogen and oxygen atoms in total. The van der Waals surface area contributed by atoms with E-state index in [0.717, 1.165) is 3.57 Å². The van der Waals surface area contributed by atoms with Gasteiger partial charge < -0.3 is 9.47 Å². The van der Waals surface area contributed by atoms with Crippen LogP contribution in [0.4, 0.5) is 0 Å². The average Bonchev–Trinajstić information content (AvgIpc) is 2.50. The van der Waals surface area contributed by atoms with Gasteiger partial charge in [0.1, 0.15) is 11.5 Å². The van der Waals surface area contributed by atoms with Crippen LogP contribution in [0.5, 0.6) is 11.5 Å². The van der Waals surface area contributed by atoms with Gasteiger partial charge in [-0.3, -0.25) is 9.59 Å². The van der Waals surface area contributed by atoms with Gasteiger partial charge in [0.25, 0.3) is 0 Å². The van der Waals surface area contributed by atoms with Crippen molar-refractivity contribution in [2.24, 2.45) is 0 Å². The van der Waals surface area contributed by atoms with Crippen molar-refractivity contribution in [1.82, 2.24) is 0 Å². The number of carbonyl (C=O) groups is 2. The molecule has 2 aromatic carbocycles. The van der Waals surface area contributed by atoms with E-state index in [-0.39, 0.29) is 11.6 Å². The van der Waals surface area contributed by atoms with E-state index in [1.54, 1.807) is 30.3 Å². The maximum Gasteiger partial charge on any atom is 0.201 e. The molecule has 3 rings (SSSR count). The van der Waals surface area contributed by atoms with Gasteiger partial charge in [0, 0.05) is 14.7 Å². The third kappa shape index (κ3) is 2.03. The van der Waals surface area contributed by atoms with Crippen LogP contribution in [0.2, 0.25) is 0 Å². The van der Waals surface area contributed by atoms with Gasteiger partial charge >= 0.3 is 0 Å². The van der Waals surface area contributed by atoms with Gasteiger partial charge in [-0.25, -0.2) is 0 Å². The van der Waals surface area contributed by atoms with Crippen molar-refractivity contribution in [1.29, 1.82) is 0 Å². The van der Waals surface area contributed by atoms with Crippen LogP contribution in [-0.2, 0) is 0 Å². The van der Waals surface area contributed by atoms with Crippen molar-refractivity contribution in [3.05, 3.63) is 56.2 Å². The van der Waals surface area contributed by atoms with Crippen LogP contribution in [0, 0.1) is 3.57 Å². The quantitative estimate of drug-likeness (QED) is 0.627. The number of ether oxygens (including phenoxy) is 2. The van der Waals surface area contributed by atoms with E-state index < -0.39 is 0 Å². The second-order valence-corrected chi connectivity index (χ2v) is 5.82. The summed E-state index contributed by atoms with van der Waals surface area (Å²) < 4.78 is 11.4. The van der Waals surface area contributed by atoms with Crippen molar-refractivity contribution >= 4 is 34.2 Å². The molecule has 1 aliphatic rings. The van der Waals surface area contributed by atoms with Gasteiger partial charge in [-0.2, -0.15) is 0 Å². The predicted molar refractivity (Wildman–Crippen MR) is 85.6 cm³/mol. The number of benzene rings is 2. The summed E-state index contributed by atoms with van der Waals surface area (Å²) in [6.07, 6.45) is 0. The lowest BCUT2D eigenvalue weighted by atomic mass is 9.83. The Kier molecular flexibility index (Phi) is 3.44. The minimum absolute atomic E-state index is 0.185. The highest BCUT2D eigenvalue weighted by Gasteiger charge is 2.34. The summed E-state index contributed by atoms with van der Waals surface area (Å²) >= 11 is 2.10. The zero-order valence-corrected chi connectivity index (χ0v) is 13.6. The summed E-state index contributed by atoms with van der Waals surface area (Å²) in [6, 6.07) is 8.48. The van der Waals surface area contributed by atoms with Crippen LogP contribution in [0.1, 0.15) is 31.8 Å². The molecule has 0 N–H and O–H groups in total. The molecule has 1 aliphatic carbocycles. The summed E-state index contributed by atoms with van der Waals surface area (Å²) in [7, 11) is 2.97. The Morgan fingerprint density at radius 3 is 2.19 bits per heavy atom. The van der Waals surface area contributed by atoms with Gasteiger partial charge in [-0.1, -0.05) is 12.1 Å². The summed E-state index contributed by atoms with van der Waals surface area (Å²) in [5.41, 5.74) is 1.36. The Hall–Kier alpha value is -1.89. The molecule has 0 saturated heterocycles. The smallest absolute Gasteiger partial charge is 0.201 e. The zero-order valence-electron chi connectivity index (χ0n) is 11.4. The fourth-order valence-corrected chi connectivity index (χ4v) is 3.15. The molecule has 0 saturated carbocycles. The second kappa shape index (κ2) is 5.14. The first-order valence-corrected chi connectivity index (χ1v) is 7.30. The summed E-state index contributed by atoms with van der Waals surface area (Å²) in [6.45, 7) is 0. The van der Waals surface area contributed by atoms with E-state index in [4.69, 9.17) is 9.47 Å². The SMILES string of the molecule is COc1cccc2c1C(=O)c1c(OC)cc(I)cc1C2=O. The highest BCUT2D eigenvalue weighted by atomic mass is 127. The van der Waals surface area contributed by atoms with E-state index in [1.165, 1.54) is 14.2 Å². The Bertz CT molecular complexity index is 780.